The molecule has 0 saturated heterocycles. The van der Waals surface area contributed by atoms with Gasteiger partial charge in [0.1, 0.15) is 6.33 Å². The zero-order valence-electron chi connectivity index (χ0n) is 14.3. The van der Waals surface area contributed by atoms with E-state index in [1.165, 1.54) is 11.9 Å². The van der Waals surface area contributed by atoms with E-state index in [0.29, 0.717) is 17.8 Å². The van der Waals surface area contributed by atoms with Crippen LogP contribution in [0, 0.1) is 0 Å². The van der Waals surface area contributed by atoms with E-state index in [1.54, 1.807) is 11.3 Å². The van der Waals surface area contributed by atoms with Gasteiger partial charge in [-0.3, -0.25) is 0 Å². The van der Waals surface area contributed by atoms with E-state index in [9.17, 15) is 0 Å². The lowest BCUT2D eigenvalue weighted by Crippen LogP contribution is -2.12. The summed E-state index contributed by atoms with van der Waals surface area (Å²) in [7, 11) is 0. The highest BCUT2D eigenvalue weighted by Crippen LogP contribution is 2.23. The van der Waals surface area contributed by atoms with Gasteiger partial charge < -0.3 is 10.6 Å². The molecule has 0 amide bonds. The molecule has 0 aliphatic rings. The molecule has 4 rings (SSSR count). The Morgan fingerprint density at radius 3 is 2.73 bits per heavy atom. The fourth-order valence-electron chi connectivity index (χ4n) is 2.65. The Balaban J connectivity index is 1.43. The van der Waals surface area contributed by atoms with Crippen LogP contribution in [0.25, 0.3) is 10.2 Å². The van der Waals surface area contributed by atoms with Crippen LogP contribution in [-0.4, -0.2) is 26.5 Å². The Labute approximate surface area is 155 Å². The molecule has 0 spiro atoms. The molecule has 0 bridgehead atoms. The average molecular weight is 362 g/mol. The number of nitrogens with zero attached hydrogens (tertiary/aromatic N) is 4. The maximum absolute atomic E-state index is 4.44. The average Bonchev–Trinajstić information content (AvgIpc) is 3.15. The zero-order valence-corrected chi connectivity index (χ0v) is 15.1. The normalized spacial score (nSPS) is 12.0. The van der Waals surface area contributed by atoms with Crippen LogP contribution in [0.5, 0.6) is 0 Å². The lowest BCUT2D eigenvalue weighted by molar-refractivity contribution is 0.795. The number of anilines is 3. The lowest BCUT2D eigenvalue weighted by atomic mass is 10.0. The highest BCUT2D eigenvalue weighted by molar-refractivity contribution is 7.16. The van der Waals surface area contributed by atoms with Gasteiger partial charge in [0.2, 0.25) is 11.9 Å². The van der Waals surface area contributed by atoms with Crippen LogP contribution in [0.4, 0.5) is 17.6 Å². The summed E-state index contributed by atoms with van der Waals surface area (Å²) >= 11 is 1.61. The fourth-order valence-corrected chi connectivity index (χ4v) is 3.36. The number of aromatic nitrogens is 4. The Hall–Kier alpha value is -3.06. The highest BCUT2D eigenvalue weighted by atomic mass is 32.1. The van der Waals surface area contributed by atoms with Crippen molar-refractivity contribution in [3.8, 4) is 0 Å². The molecule has 0 fully saturated rings. The second kappa shape index (κ2) is 7.45. The van der Waals surface area contributed by atoms with Crippen molar-refractivity contribution in [1.82, 2.24) is 19.9 Å². The summed E-state index contributed by atoms with van der Waals surface area (Å²) in [6.07, 6.45) is 1.51. The molecule has 4 aromatic rings. The van der Waals surface area contributed by atoms with E-state index in [1.807, 2.05) is 29.8 Å². The molecule has 2 aromatic carbocycles. The van der Waals surface area contributed by atoms with Gasteiger partial charge in [0, 0.05) is 12.2 Å². The monoisotopic (exact) mass is 362 g/mol. The molecule has 6 nitrogen and oxygen atoms in total. The topological polar surface area (TPSA) is 75.6 Å². The third kappa shape index (κ3) is 3.78. The van der Waals surface area contributed by atoms with E-state index < -0.39 is 0 Å². The molecule has 2 heterocycles. The number of rotatable bonds is 6. The van der Waals surface area contributed by atoms with Crippen LogP contribution in [0.3, 0.4) is 0 Å². The SMILES string of the molecule is CC(CNc1ncnc(Nc2ccc3ncsc3c2)n1)c1ccccc1. The predicted octanol–water partition coefficient (Wildman–Crippen LogP) is 4.44. The number of hydrogen-bond acceptors (Lipinski definition) is 7. The first kappa shape index (κ1) is 16.4. The van der Waals surface area contributed by atoms with Gasteiger partial charge in [-0.25, -0.2) is 15.0 Å². The number of nitrogens with one attached hydrogen (secondary N) is 2. The second-order valence-electron chi connectivity index (χ2n) is 5.99. The van der Waals surface area contributed by atoms with Gasteiger partial charge in [-0.1, -0.05) is 37.3 Å². The van der Waals surface area contributed by atoms with Gasteiger partial charge in [-0.05, 0) is 29.7 Å². The van der Waals surface area contributed by atoms with Crippen LogP contribution in [0.15, 0.2) is 60.4 Å². The van der Waals surface area contributed by atoms with Gasteiger partial charge in [-0.15, -0.1) is 11.3 Å². The Morgan fingerprint density at radius 2 is 1.85 bits per heavy atom. The molecular weight excluding hydrogens is 344 g/mol. The van der Waals surface area contributed by atoms with Gasteiger partial charge in [0.15, 0.2) is 0 Å². The molecule has 0 radical (unpaired) electrons. The maximum atomic E-state index is 4.44. The third-order valence-corrected chi connectivity index (χ3v) is 4.89. The Bertz CT molecular complexity index is 1000. The molecule has 0 saturated carbocycles. The first-order valence-corrected chi connectivity index (χ1v) is 9.24. The van der Waals surface area contributed by atoms with E-state index in [-0.39, 0.29) is 0 Å². The summed E-state index contributed by atoms with van der Waals surface area (Å²) in [4.78, 5) is 17.1. The van der Waals surface area contributed by atoms with Crippen molar-refractivity contribution in [3.63, 3.8) is 0 Å². The minimum atomic E-state index is 0.359. The van der Waals surface area contributed by atoms with Crippen molar-refractivity contribution in [1.29, 1.82) is 0 Å². The van der Waals surface area contributed by atoms with Gasteiger partial charge >= 0.3 is 0 Å². The molecular formula is C19H18N6S. The largest absolute Gasteiger partial charge is 0.353 e. The quantitative estimate of drug-likeness (QED) is 0.528. The van der Waals surface area contributed by atoms with Crippen LogP contribution in [-0.2, 0) is 0 Å². The number of hydrogen-bond donors (Lipinski definition) is 2. The first-order valence-electron chi connectivity index (χ1n) is 8.36. The molecule has 0 aliphatic carbocycles. The molecule has 2 N–H and O–H groups in total. The molecule has 130 valence electrons. The predicted molar refractivity (Wildman–Crippen MR) is 106 cm³/mol. The van der Waals surface area contributed by atoms with Crippen LogP contribution in [0.2, 0.25) is 0 Å². The number of fused-ring (bicyclic) bond motifs is 1. The molecule has 0 aliphatic heterocycles. The van der Waals surface area contributed by atoms with E-state index in [0.717, 1.165) is 22.4 Å². The van der Waals surface area contributed by atoms with Gasteiger partial charge in [0.05, 0.1) is 15.7 Å². The Kier molecular flexibility index (Phi) is 4.70. The molecule has 2 aromatic heterocycles. The van der Waals surface area contributed by atoms with Crippen molar-refractivity contribution in [2.75, 3.05) is 17.2 Å². The van der Waals surface area contributed by atoms with Crippen LogP contribution < -0.4 is 10.6 Å². The van der Waals surface area contributed by atoms with Crippen molar-refractivity contribution in [2.24, 2.45) is 0 Å². The summed E-state index contributed by atoms with van der Waals surface area (Å²) in [6.45, 7) is 2.92. The van der Waals surface area contributed by atoms with Crippen molar-refractivity contribution < 1.29 is 0 Å². The van der Waals surface area contributed by atoms with E-state index in [2.05, 4.69) is 61.8 Å². The summed E-state index contributed by atoms with van der Waals surface area (Å²) in [5.41, 5.74) is 5.04. The van der Waals surface area contributed by atoms with Crippen LogP contribution >= 0.6 is 11.3 Å². The number of thiazole rings is 1. The van der Waals surface area contributed by atoms with E-state index in [4.69, 9.17) is 0 Å². The zero-order chi connectivity index (χ0) is 17.8. The summed E-state index contributed by atoms with van der Waals surface area (Å²) in [5.74, 6) is 1.43. The van der Waals surface area contributed by atoms with Crippen LogP contribution in [0.1, 0.15) is 18.4 Å². The van der Waals surface area contributed by atoms with Crippen molar-refractivity contribution in [3.05, 3.63) is 65.9 Å². The van der Waals surface area contributed by atoms with Crippen molar-refractivity contribution >= 4 is 39.1 Å². The van der Waals surface area contributed by atoms with Crippen molar-refractivity contribution in [2.45, 2.75) is 12.8 Å². The summed E-state index contributed by atoms with van der Waals surface area (Å²) < 4.78 is 1.12. The molecule has 7 heteroatoms. The number of benzene rings is 2. The van der Waals surface area contributed by atoms with E-state index >= 15 is 0 Å². The van der Waals surface area contributed by atoms with Gasteiger partial charge in [-0.2, -0.15) is 4.98 Å². The highest BCUT2D eigenvalue weighted by Gasteiger charge is 2.07. The second-order valence-corrected chi connectivity index (χ2v) is 6.87. The molecule has 26 heavy (non-hydrogen) atoms. The fraction of sp³-hybridized carbons (Fsp3) is 0.158. The maximum Gasteiger partial charge on any atom is 0.231 e. The molecule has 1 atom stereocenters. The lowest BCUT2D eigenvalue weighted by Gasteiger charge is -2.13. The molecule has 1 unspecified atom stereocenters. The summed E-state index contributed by atoms with van der Waals surface area (Å²) in [6, 6.07) is 16.4. The van der Waals surface area contributed by atoms with Gasteiger partial charge in [0.25, 0.3) is 0 Å². The third-order valence-electron chi connectivity index (χ3n) is 4.09. The standard InChI is InChI=1S/C19H18N6S/c1-13(14-5-3-2-4-6-14)10-20-18-21-11-22-19(25-18)24-15-7-8-16-17(9-15)26-12-23-16/h2-9,11-13H,10H2,1H3,(H2,20,21,22,24,25). The minimum Gasteiger partial charge on any atom is -0.353 e. The smallest absolute Gasteiger partial charge is 0.231 e. The summed E-state index contributed by atoms with van der Waals surface area (Å²) in [5, 5.41) is 6.51. The minimum absolute atomic E-state index is 0.359. The first-order chi connectivity index (χ1) is 12.8. The Morgan fingerprint density at radius 1 is 1.00 bits per heavy atom.